The number of carbonyl (C=O) groups excluding carboxylic acids is 3. The van der Waals surface area contributed by atoms with Crippen LogP contribution in [0, 0.1) is 0 Å². The van der Waals surface area contributed by atoms with Gasteiger partial charge < -0.3 is 0 Å². The molecule has 0 atom stereocenters. The van der Waals surface area contributed by atoms with E-state index in [4.69, 9.17) is 0 Å². The third-order valence-corrected chi connectivity index (χ3v) is 2.30. The number of hydrogen-bond donors (Lipinski definition) is 0. The summed E-state index contributed by atoms with van der Waals surface area (Å²) in [4.78, 5) is 28.1. The van der Waals surface area contributed by atoms with Crippen LogP contribution in [0.5, 0.6) is 0 Å². The Kier molecular flexibility index (Phi) is 8.34. The molecule has 15 heavy (non-hydrogen) atoms. The Morgan fingerprint density at radius 1 is 1.07 bits per heavy atom. The molecule has 4 heteroatoms. The van der Waals surface area contributed by atoms with Crippen LogP contribution in [0.4, 0.5) is 0 Å². The first-order valence-electron chi connectivity index (χ1n) is 4.36. The van der Waals surface area contributed by atoms with Gasteiger partial charge in [-0.2, -0.15) is 17.7 Å². The summed E-state index contributed by atoms with van der Waals surface area (Å²) < 4.78 is 3.69. The maximum atomic E-state index is 9.37. The summed E-state index contributed by atoms with van der Waals surface area (Å²) in [5.41, 5.74) is 1.47. The summed E-state index contributed by atoms with van der Waals surface area (Å²) in [7, 11) is 0. The number of aryl methyl sites for hydroxylation is 1. The third kappa shape index (κ3) is 6.66. The Labute approximate surface area is 91.3 Å². The first-order chi connectivity index (χ1) is 7.28. The van der Waals surface area contributed by atoms with Crippen molar-refractivity contribution in [1.29, 1.82) is 0 Å². The van der Waals surface area contributed by atoms with E-state index in [1.165, 1.54) is 32.7 Å². The van der Waals surface area contributed by atoms with Crippen molar-refractivity contribution in [2.75, 3.05) is 0 Å². The molecule has 0 amide bonds. The third-order valence-electron chi connectivity index (χ3n) is 1.52. The van der Waals surface area contributed by atoms with Gasteiger partial charge in [0.05, 0.1) is 0 Å². The van der Waals surface area contributed by atoms with Gasteiger partial charge in [-0.15, -0.1) is 0 Å². The van der Waals surface area contributed by atoms with Crippen molar-refractivity contribution in [3.63, 3.8) is 0 Å². The number of hydrogen-bond acceptors (Lipinski definition) is 3. The van der Waals surface area contributed by atoms with Gasteiger partial charge >= 0.3 is 41.5 Å². The van der Waals surface area contributed by atoms with E-state index in [-0.39, 0.29) is 0 Å². The molecule has 1 aromatic carbocycles. The summed E-state index contributed by atoms with van der Waals surface area (Å²) in [5.74, 6) is 0. The Morgan fingerprint density at radius 3 is 1.80 bits per heavy atom. The Bertz CT molecular complexity index is 432. The fourth-order valence-corrected chi connectivity index (χ4v) is 1.08. The second kappa shape index (κ2) is 9.19. The topological polar surface area (TPSA) is 51.2 Å². The van der Waals surface area contributed by atoms with Gasteiger partial charge in [-0.05, 0) is 0 Å². The molecule has 0 radical (unpaired) electrons. The normalized spacial score (nSPS) is 7.53. The molecular formula is C11H11CrO3-. The van der Waals surface area contributed by atoms with E-state index in [0.717, 1.165) is 0 Å². The van der Waals surface area contributed by atoms with Gasteiger partial charge in [0.25, 0.3) is 0 Å². The molecule has 1 rings (SSSR count). The fraction of sp³-hybridized carbons (Fsp3) is 0.273. The molecule has 0 aliphatic heterocycles. The predicted octanol–water partition coefficient (Wildman–Crippen LogP) is 1.16. The van der Waals surface area contributed by atoms with Crippen LogP contribution >= 0.6 is 0 Å². The average molecular weight is 243 g/mol. The van der Waals surface area contributed by atoms with Gasteiger partial charge in [-0.25, -0.2) is 12.1 Å². The molecule has 1 aromatic rings. The first-order valence-corrected chi connectivity index (χ1v) is 6.28. The molecule has 80 valence electrons. The van der Waals surface area contributed by atoms with Crippen molar-refractivity contribution in [3.8, 4) is 0 Å². The van der Waals surface area contributed by atoms with Crippen LogP contribution < -0.4 is 0 Å². The zero-order valence-corrected chi connectivity index (χ0v) is 9.63. The first kappa shape index (κ1) is 13.6. The second-order valence-corrected chi connectivity index (χ2v) is 4.34. The summed E-state index contributed by atoms with van der Waals surface area (Å²) in [6, 6.07) is 8.52. The molecule has 0 heterocycles. The van der Waals surface area contributed by atoms with Crippen LogP contribution in [0.15, 0.2) is 24.3 Å². The average Bonchev–Trinajstić information content (AvgIpc) is 2.75. The van der Waals surface area contributed by atoms with Gasteiger partial charge in [-0.1, -0.05) is 19.8 Å². The van der Waals surface area contributed by atoms with E-state index in [0.29, 0.717) is 0 Å². The van der Waals surface area contributed by atoms with Gasteiger partial charge in [-0.3, -0.25) is 0 Å². The van der Waals surface area contributed by atoms with E-state index in [1.807, 2.05) is 0 Å². The Morgan fingerprint density at radius 2 is 1.53 bits per heavy atom. The molecule has 0 aliphatic rings. The van der Waals surface area contributed by atoms with Crippen molar-refractivity contribution >= 4 is 14.2 Å². The van der Waals surface area contributed by atoms with Crippen molar-refractivity contribution < 1.29 is 27.2 Å². The molecule has 0 bridgehead atoms. The quantitative estimate of drug-likeness (QED) is 0.732. The molecule has 0 aromatic heterocycles. The maximum absolute atomic E-state index is 9.37. The molecule has 3 nitrogen and oxygen atoms in total. The monoisotopic (exact) mass is 243 g/mol. The fourth-order valence-electron chi connectivity index (χ4n) is 0.920. The van der Waals surface area contributed by atoms with Crippen molar-refractivity contribution in [3.05, 3.63) is 29.8 Å². The van der Waals surface area contributed by atoms with Crippen LogP contribution in [0.3, 0.4) is 0 Å². The van der Waals surface area contributed by atoms with E-state index in [2.05, 4.69) is 31.2 Å². The summed E-state index contributed by atoms with van der Waals surface area (Å²) in [6.45, 7) is 2.20. The van der Waals surface area contributed by atoms with Crippen LogP contribution in [0.2, 0.25) is 0 Å². The van der Waals surface area contributed by atoms with E-state index >= 15 is 0 Å². The molecule has 0 unspecified atom stereocenters. The minimum absolute atomic E-state index is 1.23. The molecule has 0 N–H and O–H groups in total. The van der Waals surface area contributed by atoms with Crippen LogP contribution in [-0.2, 0) is 33.6 Å². The molecule has 0 saturated carbocycles. The minimum atomic E-state index is -2.47. The molecule has 0 fully saturated rings. The van der Waals surface area contributed by atoms with Gasteiger partial charge in [0.2, 0.25) is 0 Å². The molecule has 0 saturated heterocycles. The van der Waals surface area contributed by atoms with E-state index in [1.54, 1.807) is 0 Å². The van der Waals surface area contributed by atoms with Crippen molar-refractivity contribution in [1.82, 2.24) is 0 Å². The Balaban J connectivity index is 0.000000265. The standard InChI is InChI=1S/C8H11.3CO.Cr/c1-2-5-8-6-3-4-7-8;3*1-2;/h3-4,6-7H,2,5H2,1H3;;;;/q-1;;;;. The van der Waals surface area contributed by atoms with E-state index < -0.39 is 12.8 Å². The summed E-state index contributed by atoms with van der Waals surface area (Å²) >= 11 is -2.47. The van der Waals surface area contributed by atoms with Gasteiger partial charge in [0, 0.05) is 0 Å². The molecule has 0 aliphatic carbocycles. The van der Waals surface area contributed by atoms with Crippen LogP contribution in [-0.4, -0.2) is 14.2 Å². The number of rotatable bonds is 2. The van der Waals surface area contributed by atoms with Crippen LogP contribution in [0.25, 0.3) is 0 Å². The van der Waals surface area contributed by atoms with Crippen LogP contribution in [0.1, 0.15) is 18.9 Å². The van der Waals surface area contributed by atoms with Gasteiger partial charge in [0.15, 0.2) is 0 Å². The predicted molar refractivity (Wildman–Crippen MR) is 53.1 cm³/mol. The SMILES string of the molecule is CCC[c-]1cccc1.O=[C]=[Cr](=[C]=O)=[C]=O. The zero-order chi connectivity index (χ0) is 11.5. The van der Waals surface area contributed by atoms with E-state index in [9.17, 15) is 14.4 Å². The summed E-state index contributed by atoms with van der Waals surface area (Å²) in [5, 5.41) is 0. The van der Waals surface area contributed by atoms with Crippen molar-refractivity contribution in [2.45, 2.75) is 19.8 Å². The second-order valence-electron chi connectivity index (χ2n) is 2.60. The molecular weight excluding hydrogens is 232 g/mol. The van der Waals surface area contributed by atoms with Crippen molar-refractivity contribution in [2.24, 2.45) is 0 Å². The molecule has 0 spiro atoms. The zero-order valence-electron chi connectivity index (χ0n) is 8.36. The Hall–Kier alpha value is -1.38. The van der Waals surface area contributed by atoms with Gasteiger partial charge in [0.1, 0.15) is 0 Å². The summed E-state index contributed by atoms with van der Waals surface area (Å²) in [6.07, 6.45) is 2.48.